The highest BCUT2D eigenvalue weighted by Gasteiger charge is 2.37. The van der Waals surface area contributed by atoms with Crippen molar-refractivity contribution in [2.75, 3.05) is 0 Å². The Morgan fingerprint density at radius 3 is 1.55 bits per heavy atom. The lowest BCUT2D eigenvalue weighted by molar-refractivity contribution is 0.0464. The van der Waals surface area contributed by atoms with Gasteiger partial charge in [-0.2, -0.15) is 0 Å². The van der Waals surface area contributed by atoms with Crippen LogP contribution in [0.15, 0.2) is 115 Å². The summed E-state index contributed by atoms with van der Waals surface area (Å²) in [5.74, 6) is -7.67. The van der Waals surface area contributed by atoms with Crippen LogP contribution in [0.5, 0.6) is 17.2 Å². The van der Waals surface area contributed by atoms with Gasteiger partial charge in [-0.3, -0.25) is 9.59 Å². The lowest BCUT2D eigenvalue weighted by Crippen LogP contribution is -2.21. The molecule has 0 atom stereocenters. The van der Waals surface area contributed by atoms with Crippen molar-refractivity contribution < 1.29 is 43.3 Å². The molecule has 0 heterocycles. The fraction of sp³-hybridized carbons (Fsp3) is 0.0286. The average Bonchev–Trinajstić information content (AvgIpc) is 3.06. The van der Waals surface area contributed by atoms with Crippen LogP contribution in [0, 0.1) is 5.82 Å². The summed E-state index contributed by atoms with van der Waals surface area (Å²) in [7, 11) is 0. The molecule has 0 radical (unpaired) electrons. The highest BCUT2D eigenvalue weighted by molar-refractivity contribution is 6.24. The zero-order chi connectivity index (χ0) is 31.2. The van der Waals surface area contributed by atoms with E-state index < -0.39 is 69.9 Å². The molecule has 0 fully saturated rings. The number of carbonyl (C=O) groups excluding carboxylic acids is 4. The van der Waals surface area contributed by atoms with E-state index in [0.717, 1.165) is 12.1 Å². The average molecular weight is 591 g/mol. The highest BCUT2D eigenvalue weighted by atomic mass is 19.1. The highest BCUT2D eigenvalue weighted by Crippen LogP contribution is 2.46. The molecule has 8 nitrogen and oxygen atoms in total. The molecule has 0 amide bonds. The first-order chi connectivity index (χ1) is 21.3. The van der Waals surface area contributed by atoms with Gasteiger partial charge in [-0.15, -0.1) is 0 Å². The van der Waals surface area contributed by atoms with Gasteiger partial charge in [0.25, 0.3) is 0 Å². The summed E-state index contributed by atoms with van der Waals surface area (Å²) in [6.45, 7) is -0.405. The van der Waals surface area contributed by atoms with E-state index in [-0.39, 0.29) is 16.7 Å². The lowest BCUT2D eigenvalue weighted by Gasteiger charge is -2.20. The Hall–Kier alpha value is -6.09. The number of phenolic OH excluding ortho intramolecular Hbond substituents is 2. The number of benzene rings is 5. The van der Waals surface area contributed by atoms with E-state index in [1.165, 1.54) is 48.5 Å². The summed E-state index contributed by atoms with van der Waals surface area (Å²) in [5.41, 5.74) is -1.71. The topological polar surface area (TPSA) is 127 Å². The summed E-state index contributed by atoms with van der Waals surface area (Å²) < 4.78 is 24.3. The molecule has 0 unspecified atom stereocenters. The minimum absolute atomic E-state index is 0.0142. The fourth-order valence-corrected chi connectivity index (χ4v) is 4.44. The van der Waals surface area contributed by atoms with Gasteiger partial charge >= 0.3 is 11.9 Å². The number of hydrogen-bond acceptors (Lipinski definition) is 8. The second-order valence-corrected chi connectivity index (χ2v) is 9.50. The molecule has 0 aromatic heterocycles. The zero-order valence-electron chi connectivity index (χ0n) is 22.9. The number of hydrogen-bond donors (Lipinski definition) is 2. The number of rotatable bonds is 9. The first kappa shape index (κ1) is 29.4. The predicted molar refractivity (Wildman–Crippen MR) is 156 cm³/mol. The Morgan fingerprint density at radius 1 is 0.545 bits per heavy atom. The molecule has 218 valence electrons. The Balaban J connectivity index is 1.75. The summed E-state index contributed by atoms with van der Waals surface area (Å²) >= 11 is 0. The summed E-state index contributed by atoms with van der Waals surface area (Å²) in [6, 6.07) is 27.8. The third kappa shape index (κ3) is 6.07. The number of esters is 2. The van der Waals surface area contributed by atoms with Crippen molar-refractivity contribution in [3.8, 4) is 17.2 Å². The number of phenols is 2. The number of halogens is 1. The van der Waals surface area contributed by atoms with Crippen molar-refractivity contribution in [1.29, 1.82) is 0 Å². The molecule has 5 aromatic carbocycles. The standard InChI is InChI=1S/C35H23FO8/c36-25-18-16-21(17-19-25)20-43-35(42)26-27(29(37)22-10-4-1-5-11-22)31(39)32(40)33(44-34(41)24-14-8-3-9-15-24)28(26)30(38)23-12-6-2-7-13-23/h1-19,39-40H,20H2. The van der Waals surface area contributed by atoms with Crippen molar-refractivity contribution in [1.82, 2.24) is 0 Å². The van der Waals surface area contributed by atoms with Gasteiger partial charge in [0, 0.05) is 11.1 Å². The molecule has 0 aliphatic heterocycles. The van der Waals surface area contributed by atoms with Gasteiger partial charge in [0.05, 0.1) is 22.3 Å². The zero-order valence-corrected chi connectivity index (χ0v) is 22.9. The van der Waals surface area contributed by atoms with Crippen LogP contribution in [0.2, 0.25) is 0 Å². The van der Waals surface area contributed by atoms with Crippen molar-refractivity contribution in [3.63, 3.8) is 0 Å². The van der Waals surface area contributed by atoms with E-state index in [1.54, 1.807) is 54.6 Å². The SMILES string of the molecule is O=C(Oc1c(O)c(O)c(C(=O)c2ccccc2)c(C(=O)OCc2ccc(F)cc2)c1C(=O)c1ccccc1)c1ccccc1. The maximum atomic E-state index is 14.1. The summed E-state index contributed by atoms with van der Waals surface area (Å²) in [6.07, 6.45) is 0. The molecule has 0 aliphatic rings. The number of carbonyl (C=O) groups is 4. The first-order valence-electron chi connectivity index (χ1n) is 13.3. The largest absolute Gasteiger partial charge is 0.504 e. The molecule has 0 bridgehead atoms. The van der Waals surface area contributed by atoms with Crippen molar-refractivity contribution >= 4 is 23.5 Å². The molecule has 0 spiro atoms. The predicted octanol–water partition coefficient (Wildman–Crippen LogP) is 6.28. The normalized spacial score (nSPS) is 10.6. The van der Waals surface area contributed by atoms with E-state index in [4.69, 9.17) is 9.47 Å². The Morgan fingerprint density at radius 2 is 1.02 bits per heavy atom. The van der Waals surface area contributed by atoms with Gasteiger partial charge in [-0.25, -0.2) is 14.0 Å². The minimum Gasteiger partial charge on any atom is -0.504 e. The van der Waals surface area contributed by atoms with Crippen LogP contribution in [0.25, 0.3) is 0 Å². The van der Waals surface area contributed by atoms with Gasteiger partial charge in [-0.05, 0) is 29.8 Å². The van der Waals surface area contributed by atoms with E-state index >= 15 is 0 Å². The third-order valence-electron chi connectivity index (χ3n) is 6.62. The fourth-order valence-electron chi connectivity index (χ4n) is 4.44. The van der Waals surface area contributed by atoms with Crippen molar-refractivity contribution in [2.24, 2.45) is 0 Å². The van der Waals surface area contributed by atoms with Crippen LogP contribution in [0.4, 0.5) is 4.39 Å². The Kier molecular flexibility index (Phi) is 8.57. The van der Waals surface area contributed by atoms with Crippen LogP contribution < -0.4 is 4.74 Å². The molecule has 9 heteroatoms. The van der Waals surface area contributed by atoms with E-state index in [0.29, 0.717) is 5.56 Å². The van der Waals surface area contributed by atoms with Crippen molar-refractivity contribution in [3.05, 3.63) is 160 Å². The number of ether oxygens (including phenoxy) is 2. The van der Waals surface area contributed by atoms with Crippen LogP contribution in [-0.2, 0) is 11.3 Å². The van der Waals surface area contributed by atoms with Gasteiger partial charge in [-0.1, -0.05) is 91.0 Å². The third-order valence-corrected chi connectivity index (χ3v) is 6.62. The van der Waals surface area contributed by atoms with Gasteiger partial charge in [0.15, 0.2) is 23.1 Å². The lowest BCUT2D eigenvalue weighted by atomic mass is 9.88. The molecule has 5 rings (SSSR count). The smallest absolute Gasteiger partial charge is 0.343 e. The molecular formula is C35H23FO8. The quantitative estimate of drug-likeness (QED) is 0.0890. The second kappa shape index (κ2) is 12.8. The van der Waals surface area contributed by atoms with Crippen LogP contribution >= 0.6 is 0 Å². The van der Waals surface area contributed by atoms with E-state index in [1.807, 2.05) is 0 Å². The van der Waals surface area contributed by atoms with Crippen LogP contribution in [-0.4, -0.2) is 33.7 Å². The second-order valence-electron chi connectivity index (χ2n) is 9.50. The molecule has 0 saturated heterocycles. The Labute approximate surface area is 250 Å². The minimum atomic E-state index is -1.25. The molecule has 5 aromatic rings. The monoisotopic (exact) mass is 590 g/mol. The Bertz CT molecular complexity index is 1850. The molecule has 44 heavy (non-hydrogen) atoms. The van der Waals surface area contributed by atoms with Gasteiger partial charge < -0.3 is 19.7 Å². The van der Waals surface area contributed by atoms with E-state index in [2.05, 4.69) is 0 Å². The van der Waals surface area contributed by atoms with Crippen LogP contribution in [0.1, 0.15) is 58.1 Å². The number of ketones is 2. The van der Waals surface area contributed by atoms with E-state index in [9.17, 15) is 33.8 Å². The van der Waals surface area contributed by atoms with Crippen LogP contribution in [0.3, 0.4) is 0 Å². The van der Waals surface area contributed by atoms with Gasteiger partial charge in [0.1, 0.15) is 12.4 Å². The molecule has 0 aliphatic carbocycles. The molecule has 0 saturated carbocycles. The maximum Gasteiger partial charge on any atom is 0.343 e. The molecular weight excluding hydrogens is 567 g/mol. The first-order valence-corrected chi connectivity index (χ1v) is 13.3. The summed E-state index contributed by atoms with van der Waals surface area (Å²) in [5, 5.41) is 22.4. The maximum absolute atomic E-state index is 14.1. The number of aromatic hydroxyl groups is 2. The summed E-state index contributed by atoms with van der Waals surface area (Å²) in [4.78, 5) is 54.8. The van der Waals surface area contributed by atoms with Crippen molar-refractivity contribution in [2.45, 2.75) is 6.61 Å². The van der Waals surface area contributed by atoms with Gasteiger partial charge in [0.2, 0.25) is 5.75 Å². The molecule has 2 N–H and O–H groups in total.